The minimum absolute atomic E-state index is 0.0135. The Hall–Kier alpha value is -1.63. The number of carbonyl (C=O) groups is 1. The van der Waals surface area contributed by atoms with Crippen LogP contribution in [0, 0.1) is 11.6 Å². The summed E-state index contributed by atoms with van der Waals surface area (Å²) in [7, 11) is 0. The number of rotatable bonds is 4. The van der Waals surface area contributed by atoms with E-state index in [-0.39, 0.29) is 18.5 Å². The summed E-state index contributed by atoms with van der Waals surface area (Å²) in [6.45, 7) is -0.548. The zero-order valence-electron chi connectivity index (χ0n) is 10.6. The predicted molar refractivity (Wildman–Crippen MR) is 64.4 cm³/mol. The van der Waals surface area contributed by atoms with Gasteiger partial charge in [-0.1, -0.05) is 6.07 Å². The van der Waals surface area contributed by atoms with Crippen molar-refractivity contribution in [1.82, 2.24) is 10.6 Å². The highest BCUT2D eigenvalue weighted by molar-refractivity contribution is 5.82. The Bertz CT molecular complexity index is 487. The van der Waals surface area contributed by atoms with Crippen molar-refractivity contribution in [3.63, 3.8) is 0 Å². The molecule has 1 aromatic carbocycles. The zero-order chi connectivity index (χ0) is 14.8. The maximum Gasteiger partial charge on any atom is 0.262 e. The van der Waals surface area contributed by atoms with Gasteiger partial charge in [0.25, 0.3) is 5.92 Å². The van der Waals surface area contributed by atoms with Gasteiger partial charge in [0.2, 0.25) is 5.91 Å². The summed E-state index contributed by atoms with van der Waals surface area (Å²) in [6, 6.07) is 2.53. The molecule has 0 aromatic heterocycles. The molecule has 0 radical (unpaired) electrons. The summed E-state index contributed by atoms with van der Waals surface area (Å²) in [5.74, 6) is -4.85. The van der Waals surface area contributed by atoms with E-state index >= 15 is 0 Å². The van der Waals surface area contributed by atoms with E-state index in [1.165, 1.54) is 6.07 Å². The molecular weight excluding hydrogens is 276 g/mol. The third-order valence-corrected chi connectivity index (χ3v) is 3.16. The highest BCUT2D eigenvalue weighted by Gasteiger charge is 2.42. The van der Waals surface area contributed by atoms with Crippen LogP contribution in [0.4, 0.5) is 17.6 Å². The van der Waals surface area contributed by atoms with E-state index in [2.05, 4.69) is 10.6 Å². The molecule has 1 amide bonds. The molecule has 1 fully saturated rings. The van der Waals surface area contributed by atoms with E-state index in [1.807, 2.05) is 0 Å². The third-order valence-electron chi connectivity index (χ3n) is 3.16. The lowest BCUT2D eigenvalue weighted by Gasteiger charge is -2.11. The average Bonchev–Trinajstić information content (AvgIpc) is 2.73. The van der Waals surface area contributed by atoms with Crippen LogP contribution in [0.1, 0.15) is 12.0 Å². The summed E-state index contributed by atoms with van der Waals surface area (Å²) >= 11 is 0. The van der Waals surface area contributed by atoms with Crippen LogP contribution in [0.2, 0.25) is 0 Å². The maximum atomic E-state index is 13.3. The summed E-state index contributed by atoms with van der Waals surface area (Å²) in [4.78, 5) is 11.6. The second kappa shape index (κ2) is 5.78. The number of benzene rings is 1. The van der Waals surface area contributed by atoms with Gasteiger partial charge in [-0.15, -0.1) is 0 Å². The fourth-order valence-corrected chi connectivity index (χ4v) is 2.11. The predicted octanol–water partition coefficient (Wildman–Crippen LogP) is 1.62. The fraction of sp³-hybridized carbons (Fsp3) is 0.462. The summed E-state index contributed by atoms with van der Waals surface area (Å²) in [5, 5.41) is 4.81. The van der Waals surface area contributed by atoms with Crippen molar-refractivity contribution in [2.45, 2.75) is 24.8 Å². The van der Waals surface area contributed by atoms with Crippen molar-refractivity contribution < 1.29 is 22.4 Å². The molecule has 1 aromatic rings. The molecular formula is C13H14F4N2O. The number of alkyl halides is 2. The molecule has 110 valence electrons. The molecule has 3 nitrogen and oxygen atoms in total. The third kappa shape index (κ3) is 3.47. The topological polar surface area (TPSA) is 41.1 Å². The van der Waals surface area contributed by atoms with Gasteiger partial charge in [0.15, 0.2) is 0 Å². The van der Waals surface area contributed by atoms with Gasteiger partial charge in [0.1, 0.15) is 11.6 Å². The van der Waals surface area contributed by atoms with Crippen LogP contribution < -0.4 is 10.6 Å². The van der Waals surface area contributed by atoms with E-state index in [9.17, 15) is 22.4 Å². The highest BCUT2D eigenvalue weighted by atomic mass is 19.3. The van der Waals surface area contributed by atoms with E-state index in [0.29, 0.717) is 0 Å². The molecule has 0 bridgehead atoms. The molecule has 2 rings (SSSR count). The Labute approximate surface area is 113 Å². The molecule has 1 aliphatic heterocycles. The molecule has 0 spiro atoms. The maximum absolute atomic E-state index is 13.3. The lowest BCUT2D eigenvalue weighted by atomic mass is 10.1. The molecule has 0 saturated carbocycles. The quantitative estimate of drug-likeness (QED) is 0.827. The Morgan fingerprint density at radius 2 is 2.00 bits per heavy atom. The van der Waals surface area contributed by atoms with Gasteiger partial charge in [0, 0.05) is 18.5 Å². The zero-order valence-corrected chi connectivity index (χ0v) is 10.6. The normalized spacial score (nSPS) is 20.9. The van der Waals surface area contributed by atoms with Crippen molar-refractivity contribution in [2.75, 3.05) is 13.1 Å². The first-order valence-electron chi connectivity index (χ1n) is 6.21. The van der Waals surface area contributed by atoms with Crippen molar-refractivity contribution >= 4 is 5.91 Å². The minimum atomic E-state index is -2.89. The lowest BCUT2D eigenvalue weighted by molar-refractivity contribution is -0.123. The standard InChI is InChI=1S/C13H14F4N2O/c14-9-2-1-3-10(15)8(9)4-5-18-12(20)11-6-13(16,17)7-19-11/h1-3,11,19H,4-7H2,(H,18,20). The molecule has 1 heterocycles. The van der Waals surface area contributed by atoms with Crippen molar-refractivity contribution in [3.05, 3.63) is 35.4 Å². The van der Waals surface area contributed by atoms with E-state index in [1.54, 1.807) is 0 Å². The molecule has 1 atom stereocenters. The number of hydrogen-bond acceptors (Lipinski definition) is 2. The SMILES string of the molecule is O=C(NCCc1c(F)cccc1F)C1CC(F)(F)CN1. The van der Waals surface area contributed by atoms with Crippen LogP contribution >= 0.6 is 0 Å². The van der Waals surface area contributed by atoms with E-state index in [4.69, 9.17) is 0 Å². The Kier molecular flexibility index (Phi) is 4.27. The van der Waals surface area contributed by atoms with Crippen LogP contribution in [0.3, 0.4) is 0 Å². The van der Waals surface area contributed by atoms with Gasteiger partial charge in [-0.25, -0.2) is 17.6 Å². The summed E-state index contributed by atoms with van der Waals surface area (Å²) < 4.78 is 52.4. The number of nitrogens with one attached hydrogen (secondary N) is 2. The van der Waals surface area contributed by atoms with E-state index in [0.717, 1.165) is 12.1 Å². The van der Waals surface area contributed by atoms with Crippen LogP contribution in [0.25, 0.3) is 0 Å². The number of amides is 1. The first-order chi connectivity index (χ1) is 9.39. The highest BCUT2D eigenvalue weighted by Crippen LogP contribution is 2.25. The van der Waals surface area contributed by atoms with Crippen LogP contribution in [0.15, 0.2) is 18.2 Å². The smallest absolute Gasteiger partial charge is 0.262 e. The first kappa shape index (κ1) is 14.8. The van der Waals surface area contributed by atoms with Crippen molar-refractivity contribution in [2.24, 2.45) is 0 Å². The fourth-order valence-electron chi connectivity index (χ4n) is 2.11. The van der Waals surface area contributed by atoms with Crippen molar-refractivity contribution in [3.8, 4) is 0 Å². The second-order valence-electron chi connectivity index (χ2n) is 4.73. The number of halogens is 4. The average molecular weight is 290 g/mol. The van der Waals surface area contributed by atoms with Crippen LogP contribution in [0.5, 0.6) is 0 Å². The van der Waals surface area contributed by atoms with E-state index < -0.39 is 42.5 Å². The van der Waals surface area contributed by atoms with Gasteiger partial charge >= 0.3 is 0 Å². The Morgan fingerprint density at radius 1 is 1.35 bits per heavy atom. The van der Waals surface area contributed by atoms with Gasteiger partial charge in [-0.3, -0.25) is 10.1 Å². The largest absolute Gasteiger partial charge is 0.354 e. The number of hydrogen-bond donors (Lipinski definition) is 2. The van der Waals surface area contributed by atoms with Gasteiger partial charge in [0.05, 0.1) is 12.6 Å². The van der Waals surface area contributed by atoms with Gasteiger partial charge in [-0.2, -0.15) is 0 Å². The second-order valence-corrected chi connectivity index (χ2v) is 4.73. The summed E-state index contributed by atoms with van der Waals surface area (Å²) in [6.07, 6.45) is -0.597. The monoisotopic (exact) mass is 290 g/mol. The van der Waals surface area contributed by atoms with Crippen LogP contribution in [-0.4, -0.2) is 31.0 Å². The molecule has 1 saturated heterocycles. The molecule has 1 aliphatic rings. The Morgan fingerprint density at radius 3 is 2.55 bits per heavy atom. The molecule has 7 heteroatoms. The van der Waals surface area contributed by atoms with Gasteiger partial charge in [-0.05, 0) is 18.6 Å². The Balaban J connectivity index is 1.83. The molecule has 1 unspecified atom stereocenters. The molecule has 0 aliphatic carbocycles. The summed E-state index contributed by atoms with van der Waals surface area (Å²) in [5.41, 5.74) is -0.127. The van der Waals surface area contributed by atoms with Gasteiger partial charge < -0.3 is 5.32 Å². The van der Waals surface area contributed by atoms with Crippen LogP contribution in [-0.2, 0) is 11.2 Å². The lowest BCUT2D eigenvalue weighted by Crippen LogP contribution is -2.41. The molecule has 2 N–H and O–H groups in total. The first-order valence-corrected chi connectivity index (χ1v) is 6.21. The molecule has 20 heavy (non-hydrogen) atoms. The number of carbonyl (C=O) groups excluding carboxylic acids is 1. The minimum Gasteiger partial charge on any atom is -0.354 e. The van der Waals surface area contributed by atoms with Crippen molar-refractivity contribution in [1.29, 1.82) is 0 Å².